The normalized spacial score (nSPS) is 21.0. The van der Waals surface area contributed by atoms with E-state index in [1.54, 1.807) is 30.9 Å². The van der Waals surface area contributed by atoms with E-state index < -0.39 is 21.1 Å². The first-order chi connectivity index (χ1) is 8.73. The smallest absolute Gasteiger partial charge is 0.323 e. The van der Waals surface area contributed by atoms with Crippen molar-refractivity contribution in [3.8, 4) is 0 Å². The largest absolute Gasteiger partial charge is 0.480 e. The highest BCUT2D eigenvalue weighted by molar-refractivity contribution is 9.10. The number of carbonyl (C=O) groups is 1. The molecule has 104 valence electrons. The Morgan fingerprint density at radius 1 is 1.53 bits per heavy atom. The Kier molecular flexibility index (Phi) is 3.61. The van der Waals surface area contributed by atoms with Gasteiger partial charge in [0, 0.05) is 11.0 Å². The second-order valence-electron chi connectivity index (χ2n) is 4.72. The summed E-state index contributed by atoms with van der Waals surface area (Å²) in [6.07, 6.45) is 0. The third-order valence-corrected chi connectivity index (χ3v) is 5.87. The van der Waals surface area contributed by atoms with Gasteiger partial charge < -0.3 is 10.0 Å². The molecule has 0 radical (unpaired) electrons. The van der Waals surface area contributed by atoms with E-state index in [1.165, 1.54) is 0 Å². The Hall–Kier alpha value is -1.08. The number of fused-ring (bicyclic) bond motifs is 1. The average molecular weight is 348 g/mol. The number of carboxylic acid groups (broad SMARTS) is 1. The molecule has 0 saturated carbocycles. The van der Waals surface area contributed by atoms with Gasteiger partial charge in [0.1, 0.15) is 6.54 Å². The van der Waals surface area contributed by atoms with Crippen LogP contribution in [-0.2, 0) is 14.6 Å². The minimum absolute atomic E-state index is 0.184. The maximum Gasteiger partial charge on any atom is 0.323 e. The number of aryl methyl sites for hydroxylation is 1. The lowest BCUT2D eigenvalue weighted by molar-refractivity contribution is -0.135. The number of hydrogen-bond acceptors (Lipinski definition) is 4. The minimum Gasteiger partial charge on any atom is -0.480 e. The predicted octanol–water partition coefficient (Wildman–Crippen LogP) is 1.82. The Bertz CT molecular complexity index is 641. The van der Waals surface area contributed by atoms with Crippen LogP contribution in [0.3, 0.4) is 0 Å². The highest BCUT2D eigenvalue weighted by atomic mass is 79.9. The van der Waals surface area contributed by atoms with Gasteiger partial charge in [-0.05, 0) is 47.5 Å². The summed E-state index contributed by atoms with van der Waals surface area (Å²) in [6.45, 7) is 3.38. The molecule has 1 aromatic rings. The molecule has 7 heteroatoms. The van der Waals surface area contributed by atoms with Gasteiger partial charge in [0.15, 0.2) is 9.84 Å². The Balaban J connectivity index is 2.68. The number of aliphatic carboxylic acids is 1. The van der Waals surface area contributed by atoms with Crippen molar-refractivity contribution >= 4 is 37.4 Å². The molecule has 1 aromatic carbocycles. The van der Waals surface area contributed by atoms with Gasteiger partial charge in [0.05, 0.1) is 15.8 Å². The summed E-state index contributed by atoms with van der Waals surface area (Å²) in [5.74, 6) is -0.982. The molecule has 1 atom stereocenters. The molecule has 0 aliphatic carbocycles. The van der Waals surface area contributed by atoms with Gasteiger partial charge in [-0.2, -0.15) is 0 Å². The summed E-state index contributed by atoms with van der Waals surface area (Å²) in [5, 5.41) is 8.33. The van der Waals surface area contributed by atoms with Gasteiger partial charge in [-0.3, -0.25) is 4.79 Å². The molecule has 0 bridgehead atoms. The molecule has 2 rings (SSSR count). The van der Waals surface area contributed by atoms with Crippen LogP contribution in [0.15, 0.2) is 21.5 Å². The van der Waals surface area contributed by atoms with Crippen LogP contribution >= 0.6 is 15.9 Å². The maximum atomic E-state index is 12.3. The number of anilines is 1. The molecule has 1 unspecified atom stereocenters. The van der Waals surface area contributed by atoms with E-state index in [1.807, 2.05) is 0 Å². The van der Waals surface area contributed by atoms with Crippen molar-refractivity contribution in [2.45, 2.75) is 24.0 Å². The third-order valence-electron chi connectivity index (χ3n) is 3.13. The van der Waals surface area contributed by atoms with E-state index in [4.69, 9.17) is 5.11 Å². The summed E-state index contributed by atoms with van der Waals surface area (Å²) in [5.41, 5.74) is 1.27. The van der Waals surface area contributed by atoms with Crippen molar-refractivity contribution in [3.63, 3.8) is 0 Å². The quantitative estimate of drug-likeness (QED) is 0.883. The first kappa shape index (κ1) is 14.3. The summed E-state index contributed by atoms with van der Waals surface area (Å²) < 4.78 is 25.3. The Labute approximate surface area is 120 Å². The SMILES string of the molecule is Cc1cc(Br)c2c(c1)S(=O)(=O)C(C)CN2CC(=O)O. The van der Waals surface area contributed by atoms with Gasteiger partial charge in [-0.25, -0.2) is 8.42 Å². The number of halogens is 1. The molecule has 0 spiro atoms. The molecule has 1 N–H and O–H groups in total. The highest BCUT2D eigenvalue weighted by Crippen LogP contribution is 2.39. The van der Waals surface area contributed by atoms with Gasteiger partial charge in [-0.15, -0.1) is 0 Å². The van der Waals surface area contributed by atoms with Crippen LogP contribution in [0.25, 0.3) is 0 Å². The number of nitrogens with zero attached hydrogens (tertiary/aromatic N) is 1. The van der Waals surface area contributed by atoms with Crippen LogP contribution in [0, 0.1) is 6.92 Å². The molecule has 19 heavy (non-hydrogen) atoms. The Morgan fingerprint density at radius 2 is 2.16 bits per heavy atom. The molecule has 1 aliphatic heterocycles. The van der Waals surface area contributed by atoms with Gasteiger partial charge in [0.2, 0.25) is 0 Å². The van der Waals surface area contributed by atoms with Gasteiger partial charge >= 0.3 is 5.97 Å². The maximum absolute atomic E-state index is 12.3. The second kappa shape index (κ2) is 4.79. The fourth-order valence-electron chi connectivity index (χ4n) is 2.25. The van der Waals surface area contributed by atoms with Crippen LogP contribution in [0.2, 0.25) is 0 Å². The fourth-order valence-corrected chi connectivity index (χ4v) is 4.87. The minimum atomic E-state index is -3.40. The molecule has 5 nitrogen and oxygen atoms in total. The molecule has 0 fully saturated rings. The van der Waals surface area contributed by atoms with E-state index in [9.17, 15) is 13.2 Å². The molecule has 1 heterocycles. The zero-order valence-corrected chi connectivity index (χ0v) is 13.0. The van der Waals surface area contributed by atoms with Crippen molar-refractivity contribution in [3.05, 3.63) is 22.2 Å². The van der Waals surface area contributed by atoms with Crippen LogP contribution < -0.4 is 4.90 Å². The lowest BCUT2D eigenvalue weighted by atomic mass is 10.2. The molecule has 0 aromatic heterocycles. The average Bonchev–Trinajstić information content (AvgIpc) is 2.24. The second-order valence-corrected chi connectivity index (χ2v) is 7.91. The van der Waals surface area contributed by atoms with Crippen LogP contribution in [-0.4, -0.2) is 37.8 Å². The zero-order valence-electron chi connectivity index (χ0n) is 10.6. The molecular formula is C12H14BrNO4S. The van der Waals surface area contributed by atoms with E-state index in [2.05, 4.69) is 15.9 Å². The first-order valence-electron chi connectivity index (χ1n) is 5.74. The van der Waals surface area contributed by atoms with Crippen molar-refractivity contribution in [1.29, 1.82) is 0 Å². The van der Waals surface area contributed by atoms with Crippen molar-refractivity contribution in [1.82, 2.24) is 0 Å². The highest BCUT2D eigenvalue weighted by Gasteiger charge is 2.36. The summed E-state index contributed by atoms with van der Waals surface area (Å²) >= 11 is 3.34. The lowest BCUT2D eigenvalue weighted by Crippen LogP contribution is -2.43. The number of sulfone groups is 1. The molecule has 0 saturated heterocycles. The van der Waals surface area contributed by atoms with Crippen LogP contribution in [0.4, 0.5) is 5.69 Å². The van der Waals surface area contributed by atoms with Gasteiger partial charge in [-0.1, -0.05) is 0 Å². The molecule has 0 amide bonds. The van der Waals surface area contributed by atoms with Crippen molar-refractivity contribution in [2.75, 3.05) is 18.0 Å². The third kappa shape index (κ3) is 2.49. The topological polar surface area (TPSA) is 74.7 Å². The summed E-state index contributed by atoms with van der Waals surface area (Å²) in [4.78, 5) is 12.7. The van der Waals surface area contributed by atoms with Crippen LogP contribution in [0.1, 0.15) is 12.5 Å². The van der Waals surface area contributed by atoms with E-state index in [0.717, 1.165) is 5.56 Å². The monoisotopic (exact) mass is 347 g/mol. The zero-order chi connectivity index (χ0) is 14.4. The summed E-state index contributed by atoms with van der Waals surface area (Å²) in [6, 6.07) is 3.39. The fraction of sp³-hybridized carbons (Fsp3) is 0.417. The standard InChI is InChI=1S/C12H14BrNO4S/c1-7-3-9(13)12-10(4-7)19(17,18)8(2)5-14(12)6-11(15)16/h3-4,8H,5-6H2,1-2H3,(H,15,16). The van der Waals surface area contributed by atoms with Gasteiger partial charge in [0.25, 0.3) is 0 Å². The molecule has 1 aliphatic rings. The lowest BCUT2D eigenvalue weighted by Gasteiger charge is -2.34. The first-order valence-corrected chi connectivity index (χ1v) is 8.08. The van der Waals surface area contributed by atoms with Crippen molar-refractivity contribution < 1.29 is 18.3 Å². The number of benzene rings is 1. The van der Waals surface area contributed by atoms with Crippen LogP contribution in [0.5, 0.6) is 0 Å². The van der Waals surface area contributed by atoms with Crippen molar-refractivity contribution in [2.24, 2.45) is 0 Å². The number of hydrogen-bond donors (Lipinski definition) is 1. The van der Waals surface area contributed by atoms with E-state index in [-0.39, 0.29) is 18.0 Å². The van der Waals surface area contributed by atoms with E-state index in [0.29, 0.717) is 10.2 Å². The number of carboxylic acids is 1. The summed E-state index contributed by atoms with van der Waals surface area (Å²) in [7, 11) is -3.40. The number of rotatable bonds is 2. The Morgan fingerprint density at radius 3 is 2.74 bits per heavy atom. The predicted molar refractivity (Wildman–Crippen MR) is 75.4 cm³/mol. The van der Waals surface area contributed by atoms with E-state index >= 15 is 0 Å². The molecular weight excluding hydrogens is 334 g/mol.